The second kappa shape index (κ2) is 5.65. The van der Waals surface area contributed by atoms with Crippen molar-refractivity contribution in [2.75, 3.05) is 0 Å². The van der Waals surface area contributed by atoms with Gasteiger partial charge in [-0.2, -0.15) is 0 Å². The third kappa shape index (κ3) is 3.33. The van der Waals surface area contributed by atoms with Gasteiger partial charge in [-0.25, -0.2) is 13.1 Å². The maximum absolute atomic E-state index is 12.8. The predicted octanol–water partition coefficient (Wildman–Crippen LogP) is 2.68. The van der Waals surface area contributed by atoms with Gasteiger partial charge in [0.05, 0.1) is 4.90 Å². The molecule has 2 aliphatic rings. The quantitative estimate of drug-likeness (QED) is 0.805. The molecule has 4 nitrogen and oxygen atoms in total. The topological polar surface area (TPSA) is 72.2 Å². The van der Waals surface area contributed by atoms with Crippen molar-refractivity contribution in [2.45, 2.75) is 50.1 Å². The van der Waals surface area contributed by atoms with Crippen LogP contribution in [0.1, 0.15) is 36.8 Å². The molecule has 3 rings (SSSR count). The monoisotopic (exact) mass is 372 g/mol. The first kappa shape index (κ1) is 15.5. The summed E-state index contributed by atoms with van der Waals surface area (Å²) >= 11 is 3.43. The third-order valence-electron chi connectivity index (χ3n) is 4.43. The molecule has 1 aromatic carbocycles. The molecule has 3 N–H and O–H groups in total. The van der Waals surface area contributed by atoms with E-state index in [-0.39, 0.29) is 6.04 Å². The van der Waals surface area contributed by atoms with Gasteiger partial charge < -0.3 is 5.73 Å². The normalized spacial score (nSPS) is 19.2. The van der Waals surface area contributed by atoms with Crippen LogP contribution >= 0.6 is 15.9 Å². The highest BCUT2D eigenvalue weighted by Gasteiger charge is 2.43. The van der Waals surface area contributed by atoms with Crippen molar-refractivity contribution in [3.63, 3.8) is 0 Å². The minimum atomic E-state index is -3.49. The first-order valence-corrected chi connectivity index (χ1v) is 9.71. The Morgan fingerprint density at radius 2 is 1.86 bits per heavy atom. The zero-order valence-corrected chi connectivity index (χ0v) is 14.5. The van der Waals surface area contributed by atoms with Crippen molar-refractivity contribution in [3.8, 4) is 0 Å². The number of rotatable bonds is 6. The maximum Gasteiger partial charge on any atom is 0.241 e. The predicted molar refractivity (Wildman–Crippen MR) is 86.3 cm³/mol. The fourth-order valence-corrected chi connectivity index (χ4v) is 5.16. The molecular formula is C15H21BrN2O2S. The van der Waals surface area contributed by atoms with Crippen LogP contribution in [-0.4, -0.2) is 14.5 Å². The summed E-state index contributed by atoms with van der Waals surface area (Å²) in [6.07, 6.45) is 4.59. The lowest BCUT2D eigenvalue weighted by molar-refractivity contribution is 0.471. The van der Waals surface area contributed by atoms with Gasteiger partial charge in [-0.1, -0.05) is 15.9 Å². The van der Waals surface area contributed by atoms with E-state index in [9.17, 15) is 8.42 Å². The van der Waals surface area contributed by atoms with Crippen LogP contribution in [0.15, 0.2) is 21.5 Å². The van der Waals surface area contributed by atoms with Gasteiger partial charge in [0.2, 0.25) is 10.0 Å². The summed E-state index contributed by atoms with van der Waals surface area (Å²) in [5, 5.41) is 0. The van der Waals surface area contributed by atoms with E-state index in [0.717, 1.165) is 41.3 Å². The SMILES string of the molecule is Cc1c(Br)cc(CN)cc1S(=O)(=O)NC(C1CC1)C1CC1. The van der Waals surface area contributed by atoms with Crippen molar-refractivity contribution >= 4 is 26.0 Å². The first-order chi connectivity index (χ1) is 9.92. The molecule has 1 aromatic rings. The summed E-state index contributed by atoms with van der Waals surface area (Å²) in [4.78, 5) is 0.351. The van der Waals surface area contributed by atoms with Crippen LogP contribution in [0.3, 0.4) is 0 Å². The van der Waals surface area contributed by atoms with E-state index in [1.54, 1.807) is 6.07 Å². The maximum atomic E-state index is 12.8. The number of nitrogens with one attached hydrogen (secondary N) is 1. The molecule has 0 bridgehead atoms. The number of hydrogen-bond donors (Lipinski definition) is 2. The number of halogens is 1. The standard InChI is InChI=1S/C15H21BrN2O2S/c1-9-13(16)6-10(8-17)7-14(9)21(19,20)18-15(11-2-3-11)12-4-5-12/h6-7,11-12,15,18H,2-5,8,17H2,1H3. The summed E-state index contributed by atoms with van der Waals surface area (Å²) < 4.78 is 29.3. The lowest BCUT2D eigenvalue weighted by atomic mass is 10.1. The molecule has 21 heavy (non-hydrogen) atoms. The number of benzene rings is 1. The average molecular weight is 373 g/mol. The fraction of sp³-hybridized carbons (Fsp3) is 0.600. The van der Waals surface area contributed by atoms with Gasteiger partial charge in [-0.3, -0.25) is 0 Å². The molecule has 0 saturated heterocycles. The van der Waals surface area contributed by atoms with Crippen LogP contribution < -0.4 is 10.5 Å². The molecule has 2 aliphatic carbocycles. The molecule has 0 radical (unpaired) electrons. The summed E-state index contributed by atoms with van der Waals surface area (Å²) in [6.45, 7) is 2.15. The molecule has 0 unspecified atom stereocenters. The summed E-state index contributed by atoms with van der Waals surface area (Å²) in [5.74, 6) is 1.07. The van der Waals surface area contributed by atoms with E-state index in [1.807, 2.05) is 13.0 Å². The molecule has 0 aliphatic heterocycles. The van der Waals surface area contributed by atoms with Crippen LogP contribution in [-0.2, 0) is 16.6 Å². The lowest BCUT2D eigenvalue weighted by Crippen LogP contribution is -2.38. The smallest absolute Gasteiger partial charge is 0.241 e. The number of nitrogens with two attached hydrogens (primary N) is 1. The summed E-state index contributed by atoms with van der Waals surface area (Å²) in [5.41, 5.74) is 7.22. The highest BCUT2D eigenvalue weighted by atomic mass is 79.9. The Kier molecular flexibility index (Phi) is 4.16. The molecule has 0 amide bonds. The van der Waals surface area contributed by atoms with Gasteiger partial charge in [0, 0.05) is 17.1 Å². The second-order valence-corrected chi connectivity index (χ2v) is 8.76. The zero-order chi connectivity index (χ0) is 15.2. The van der Waals surface area contributed by atoms with Crippen molar-refractivity contribution < 1.29 is 8.42 Å². The fourth-order valence-electron chi connectivity index (χ4n) is 2.83. The van der Waals surface area contributed by atoms with Gasteiger partial charge in [-0.05, 0) is 67.7 Å². The average Bonchev–Trinajstić information content (AvgIpc) is 3.30. The largest absolute Gasteiger partial charge is 0.326 e. The van der Waals surface area contributed by atoms with Crippen LogP contribution in [0.5, 0.6) is 0 Å². The van der Waals surface area contributed by atoms with Crippen LogP contribution in [0.2, 0.25) is 0 Å². The Hall–Kier alpha value is -0.430. The first-order valence-electron chi connectivity index (χ1n) is 7.44. The van der Waals surface area contributed by atoms with E-state index in [2.05, 4.69) is 20.7 Å². The molecule has 2 fully saturated rings. The molecule has 2 saturated carbocycles. The van der Waals surface area contributed by atoms with Crippen LogP contribution in [0.4, 0.5) is 0 Å². The summed E-state index contributed by atoms with van der Waals surface area (Å²) in [7, 11) is -3.49. The van der Waals surface area contributed by atoms with Crippen molar-refractivity contribution in [1.82, 2.24) is 4.72 Å². The number of hydrogen-bond acceptors (Lipinski definition) is 3. The molecule has 0 spiro atoms. The Labute approximate surface area is 134 Å². The van der Waals surface area contributed by atoms with E-state index in [1.165, 1.54) is 0 Å². The van der Waals surface area contributed by atoms with E-state index < -0.39 is 10.0 Å². The Morgan fingerprint density at radius 3 is 2.33 bits per heavy atom. The van der Waals surface area contributed by atoms with Gasteiger partial charge in [0.15, 0.2) is 0 Å². The van der Waals surface area contributed by atoms with Crippen molar-refractivity contribution in [2.24, 2.45) is 17.6 Å². The summed E-state index contributed by atoms with van der Waals surface area (Å²) in [6, 6.07) is 3.70. The third-order valence-corrected chi connectivity index (χ3v) is 6.84. The van der Waals surface area contributed by atoms with E-state index in [0.29, 0.717) is 23.3 Å². The Morgan fingerprint density at radius 1 is 1.29 bits per heavy atom. The molecule has 116 valence electrons. The number of sulfonamides is 1. The molecule has 0 atom stereocenters. The van der Waals surface area contributed by atoms with Crippen molar-refractivity contribution in [3.05, 3.63) is 27.7 Å². The highest BCUT2D eigenvalue weighted by Crippen LogP contribution is 2.45. The molecule has 0 aromatic heterocycles. The molecule has 0 heterocycles. The van der Waals surface area contributed by atoms with Crippen LogP contribution in [0, 0.1) is 18.8 Å². The molecule has 6 heteroatoms. The Balaban J connectivity index is 1.92. The second-order valence-electron chi connectivity index (χ2n) is 6.23. The van der Waals surface area contributed by atoms with E-state index >= 15 is 0 Å². The van der Waals surface area contributed by atoms with Crippen molar-refractivity contribution in [1.29, 1.82) is 0 Å². The van der Waals surface area contributed by atoms with Gasteiger partial charge in [0.25, 0.3) is 0 Å². The minimum Gasteiger partial charge on any atom is -0.326 e. The Bertz CT molecular complexity index is 640. The minimum absolute atomic E-state index is 0.120. The zero-order valence-electron chi connectivity index (χ0n) is 12.1. The van der Waals surface area contributed by atoms with Gasteiger partial charge in [0.1, 0.15) is 0 Å². The van der Waals surface area contributed by atoms with Gasteiger partial charge in [-0.15, -0.1) is 0 Å². The van der Waals surface area contributed by atoms with Crippen LogP contribution in [0.25, 0.3) is 0 Å². The van der Waals surface area contributed by atoms with Gasteiger partial charge >= 0.3 is 0 Å². The highest BCUT2D eigenvalue weighted by molar-refractivity contribution is 9.10. The van der Waals surface area contributed by atoms with E-state index in [4.69, 9.17) is 5.73 Å². The lowest BCUT2D eigenvalue weighted by Gasteiger charge is -2.19. The molecular weight excluding hydrogens is 352 g/mol.